The second kappa shape index (κ2) is 6.57. The molecule has 1 saturated heterocycles. The van der Waals surface area contributed by atoms with E-state index in [9.17, 15) is 13.7 Å². The van der Waals surface area contributed by atoms with Crippen molar-refractivity contribution in [1.29, 1.82) is 5.26 Å². The number of benzene rings is 1. The lowest BCUT2D eigenvalue weighted by Gasteiger charge is -2.35. The van der Waals surface area contributed by atoms with E-state index in [4.69, 9.17) is 0 Å². The molecule has 0 bridgehead atoms. The van der Waals surface area contributed by atoms with Gasteiger partial charge in [-0.25, -0.2) is 18.4 Å². The number of piperidine rings is 1. The molecule has 1 atom stereocenters. The molecular weight excluding hydrogens is 350 g/mol. The predicted octanol–water partition coefficient (Wildman–Crippen LogP) is 1.71. The smallest absolute Gasteiger partial charge is 0.239 e. The van der Waals surface area contributed by atoms with E-state index >= 15 is 0 Å². The minimum Gasteiger partial charge on any atom is -0.353 e. The summed E-state index contributed by atoms with van der Waals surface area (Å²) in [6.45, 7) is 1.50. The Morgan fingerprint density at radius 2 is 1.96 bits per heavy atom. The Bertz CT molecular complexity index is 970. The summed E-state index contributed by atoms with van der Waals surface area (Å²) in [6.07, 6.45) is 5.10. The van der Waals surface area contributed by atoms with Crippen LogP contribution in [0.4, 0.5) is 11.5 Å². The highest BCUT2D eigenvalue weighted by Crippen LogP contribution is 2.33. The van der Waals surface area contributed by atoms with Crippen molar-refractivity contribution in [3.63, 3.8) is 0 Å². The van der Waals surface area contributed by atoms with Gasteiger partial charge in [0.15, 0.2) is 11.5 Å². The van der Waals surface area contributed by atoms with Gasteiger partial charge in [0.1, 0.15) is 6.07 Å². The number of nitriles is 1. The third kappa shape index (κ3) is 2.78. The number of sulfonamides is 1. The van der Waals surface area contributed by atoms with Gasteiger partial charge < -0.3 is 4.90 Å². The van der Waals surface area contributed by atoms with Crippen LogP contribution in [0.3, 0.4) is 0 Å². The minimum atomic E-state index is -3.48. The van der Waals surface area contributed by atoms with E-state index in [1.807, 2.05) is 35.2 Å². The van der Waals surface area contributed by atoms with E-state index in [1.54, 1.807) is 4.31 Å². The standard InChI is InChI=1S/C18H19N5O2S/c19-12-16-18(21-9-8-20-16)22-10-3-5-15(13-22)26(24,25)23-11-7-14-4-1-2-6-17(14)23/h1-2,4,6,8-9,15H,3,5,7,10-11,13H2/t15-/m1/s1. The Morgan fingerprint density at radius 3 is 2.81 bits per heavy atom. The molecule has 0 amide bonds. The number of hydrogen-bond acceptors (Lipinski definition) is 6. The first kappa shape index (κ1) is 16.8. The molecule has 2 aliphatic heterocycles. The molecule has 0 aliphatic carbocycles. The van der Waals surface area contributed by atoms with Gasteiger partial charge in [-0.1, -0.05) is 18.2 Å². The van der Waals surface area contributed by atoms with Gasteiger partial charge in [-0.3, -0.25) is 4.31 Å². The number of anilines is 2. The SMILES string of the molecule is N#Cc1nccnc1N1CCC[C@@H](S(=O)(=O)N2CCc3ccccc32)C1. The summed E-state index contributed by atoms with van der Waals surface area (Å²) < 4.78 is 28.1. The van der Waals surface area contributed by atoms with Gasteiger partial charge in [0.25, 0.3) is 0 Å². The molecule has 7 nitrogen and oxygen atoms in total. The monoisotopic (exact) mass is 369 g/mol. The number of fused-ring (bicyclic) bond motifs is 1. The van der Waals surface area contributed by atoms with Crippen LogP contribution in [0, 0.1) is 11.3 Å². The quantitative estimate of drug-likeness (QED) is 0.818. The summed E-state index contributed by atoms with van der Waals surface area (Å²) >= 11 is 0. The molecule has 0 unspecified atom stereocenters. The highest BCUT2D eigenvalue weighted by Gasteiger charge is 2.38. The van der Waals surface area contributed by atoms with Crippen LogP contribution in [0.15, 0.2) is 36.7 Å². The van der Waals surface area contributed by atoms with Crippen molar-refractivity contribution in [2.75, 3.05) is 28.8 Å². The zero-order valence-corrected chi connectivity index (χ0v) is 15.1. The predicted molar refractivity (Wildman–Crippen MR) is 98.4 cm³/mol. The maximum atomic E-state index is 13.3. The highest BCUT2D eigenvalue weighted by molar-refractivity contribution is 7.93. The average Bonchev–Trinajstić information content (AvgIpc) is 3.13. The number of nitrogens with zero attached hydrogens (tertiary/aromatic N) is 5. The molecule has 0 N–H and O–H groups in total. The van der Waals surface area contributed by atoms with Crippen LogP contribution in [-0.4, -0.2) is 43.3 Å². The fraction of sp³-hybridized carbons (Fsp3) is 0.389. The lowest BCUT2D eigenvalue weighted by atomic mass is 10.1. The molecule has 3 heterocycles. The van der Waals surface area contributed by atoms with Crippen LogP contribution in [0.2, 0.25) is 0 Å². The normalized spacial score (nSPS) is 19.9. The first-order valence-electron chi connectivity index (χ1n) is 8.67. The number of rotatable bonds is 3. The topological polar surface area (TPSA) is 90.2 Å². The lowest BCUT2D eigenvalue weighted by Crippen LogP contribution is -2.48. The molecule has 26 heavy (non-hydrogen) atoms. The van der Waals surface area contributed by atoms with Crippen molar-refractivity contribution >= 4 is 21.5 Å². The minimum absolute atomic E-state index is 0.233. The van der Waals surface area contributed by atoms with Crippen molar-refractivity contribution in [3.8, 4) is 6.07 Å². The van der Waals surface area contributed by atoms with Crippen molar-refractivity contribution in [3.05, 3.63) is 47.9 Å². The Morgan fingerprint density at radius 1 is 1.15 bits per heavy atom. The van der Waals surface area contributed by atoms with Gasteiger partial charge in [-0.2, -0.15) is 5.26 Å². The summed E-state index contributed by atoms with van der Waals surface area (Å²) in [5, 5.41) is 8.73. The Kier molecular flexibility index (Phi) is 4.24. The van der Waals surface area contributed by atoms with Crippen LogP contribution in [0.25, 0.3) is 0 Å². The summed E-state index contributed by atoms with van der Waals surface area (Å²) in [4.78, 5) is 10.2. The molecule has 1 aromatic heterocycles. The second-order valence-electron chi connectivity index (χ2n) is 6.55. The third-order valence-electron chi connectivity index (χ3n) is 5.04. The molecule has 134 valence electrons. The fourth-order valence-corrected chi connectivity index (χ4v) is 5.76. The van der Waals surface area contributed by atoms with E-state index < -0.39 is 15.3 Å². The van der Waals surface area contributed by atoms with E-state index in [0.717, 1.165) is 24.1 Å². The maximum absolute atomic E-state index is 13.3. The highest BCUT2D eigenvalue weighted by atomic mass is 32.2. The van der Waals surface area contributed by atoms with Gasteiger partial charge in [-0.05, 0) is 30.9 Å². The molecule has 0 saturated carbocycles. The van der Waals surface area contributed by atoms with E-state index in [0.29, 0.717) is 31.9 Å². The van der Waals surface area contributed by atoms with E-state index in [-0.39, 0.29) is 5.69 Å². The van der Waals surface area contributed by atoms with Gasteiger partial charge >= 0.3 is 0 Å². The van der Waals surface area contributed by atoms with E-state index in [2.05, 4.69) is 9.97 Å². The summed E-state index contributed by atoms with van der Waals surface area (Å²) in [5.41, 5.74) is 2.10. The van der Waals surface area contributed by atoms with Gasteiger partial charge in [-0.15, -0.1) is 0 Å². The fourth-order valence-electron chi connectivity index (χ4n) is 3.77. The Balaban J connectivity index is 1.61. The van der Waals surface area contributed by atoms with Gasteiger partial charge in [0, 0.05) is 32.0 Å². The summed E-state index contributed by atoms with van der Waals surface area (Å²) in [6, 6.07) is 9.71. The molecule has 0 spiro atoms. The molecule has 2 aromatic rings. The van der Waals surface area contributed by atoms with Gasteiger partial charge in [0.2, 0.25) is 10.0 Å². The Hall–Kier alpha value is -2.66. The maximum Gasteiger partial charge on any atom is 0.239 e. The molecule has 1 fully saturated rings. The first-order chi connectivity index (χ1) is 12.6. The Labute approximate surface area is 153 Å². The van der Waals surface area contributed by atoms with Crippen LogP contribution < -0.4 is 9.21 Å². The van der Waals surface area contributed by atoms with E-state index in [1.165, 1.54) is 12.4 Å². The van der Waals surface area contributed by atoms with Gasteiger partial charge in [0.05, 0.1) is 10.9 Å². The van der Waals surface area contributed by atoms with Crippen LogP contribution >= 0.6 is 0 Å². The van der Waals surface area contributed by atoms with Crippen molar-refractivity contribution in [1.82, 2.24) is 9.97 Å². The van der Waals surface area contributed by atoms with Crippen molar-refractivity contribution in [2.24, 2.45) is 0 Å². The average molecular weight is 369 g/mol. The van der Waals surface area contributed by atoms with Crippen LogP contribution in [0.5, 0.6) is 0 Å². The molecule has 1 aromatic carbocycles. The lowest BCUT2D eigenvalue weighted by molar-refractivity contribution is 0.527. The summed E-state index contributed by atoms with van der Waals surface area (Å²) in [5.74, 6) is 0.469. The zero-order valence-electron chi connectivity index (χ0n) is 14.2. The molecule has 2 aliphatic rings. The number of aromatic nitrogens is 2. The zero-order chi connectivity index (χ0) is 18.1. The molecule has 0 radical (unpaired) electrons. The third-order valence-corrected chi connectivity index (χ3v) is 7.26. The number of hydrogen-bond donors (Lipinski definition) is 0. The molecule has 4 rings (SSSR count). The van der Waals surface area contributed by atoms with Crippen LogP contribution in [0.1, 0.15) is 24.1 Å². The molecule has 8 heteroatoms. The van der Waals surface area contributed by atoms with Crippen molar-refractivity contribution < 1.29 is 8.42 Å². The first-order valence-corrected chi connectivity index (χ1v) is 10.2. The van der Waals surface area contributed by atoms with Crippen molar-refractivity contribution in [2.45, 2.75) is 24.5 Å². The number of para-hydroxylation sites is 1. The summed E-state index contributed by atoms with van der Waals surface area (Å²) in [7, 11) is -3.48. The second-order valence-corrected chi connectivity index (χ2v) is 8.68. The largest absolute Gasteiger partial charge is 0.353 e. The van der Waals surface area contributed by atoms with Crippen LogP contribution in [-0.2, 0) is 16.4 Å². The molecular formula is C18H19N5O2S.